The van der Waals surface area contributed by atoms with Crippen molar-refractivity contribution in [3.8, 4) is 0 Å². The molecule has 4 nitrogen and oxygen atoms in total. The lowest BCUT2D eigenvalue weighted by molar-refractivity contribution is -0.174. The number of hydrogen-bond acceptors (Lipinski definition) is 4. The van der Waals surface area contributed by atoms with Crippen LogP contribution in [0.25, 0.3) is 0 Å². The molecule has 0 aromatic carbocycles. The summed E-state index contributed by atoms with van der Waals surface area (Å²) in [7, 11) is 0. The molecule has 0 atom stereocenters. The molecule has 4 heteroatoms. The maximum absolute atomic E-state index is 12.5. The summed E-state index contributed by atoms with van der Waals surface area (Å²) in [6, 6.07) is 0. The average Bonchev–Trinajstić information content (AvgIpc) is 2.77. The Kier molecular flexibility index (Phi) is 15.8. The molecule has 1 aliphatic rings. The summed E-state index contributed by atoms with van der Waals surface area (Å²) in [5, 5.41) is 0. The monoisotopic (exact) mass is 452 g/mol. The van der Waals surface area contributed by atoms with Gasteiger partial charge in [0.2, 0.25) is 0 Å². The molecule has 0 bridgehead atoms. The van der Waals surface area contributed by atoms with Gasteiger partial charge in [-0.3, -0.25) is 9.59 Å². The molecule has 1 fully saturated rings. The fourth-order valence-corrected chi connectivity index (χ4v) is 4.37. The summed E-state index contributed by atoms with van der Waals surface area (Å²) in [6.45, 7) is 8.14. The van der Waals surface area contributed by atoms with E-state index in [1.165, 1.54) is 77.0 Å². The molecule has 0 aromatic heterocycles. The van der Waals surface area contributed by atoms with Gasteiger partial charge < -0.3 is 9.47 Å². The van der Waals surface area contributed by atoms with E-state index in [2.05, 4.69) is 13.8 Å². The Balaban J connectivity index is 1.98. The fraction of sp³-hybridized carbons (Fsp3) is 0.929. The van der Waals surface area contributed by atoms with Gasteiger partial charge in [0.05, 0.1) is 6.61 Å². The number of carbonyl (C=O) groups is 2. The molecule has 0 amide bonds. The Morgan fingerprint density at radius 3 is 1.59 bits per heavy atom. The molecule has 188 valence electrons. The highest BCUT2D eigenvalue weighted by molar-refractivity contribution is 5.99. The van der Waals surface area contributed by atoms with Crippen molar-refractivity contribution in [2.24, 2.45) is 11.3 Å². The maximum atomic E-state index is 12.5. The number of ether oxygens (including phenoxy) is 2. The highest BCUT2D eigenvalue weighted by Gasteiger charge is 2.40. The molecule has 1 saturated carbocycles. The zero-order valence-corrected chi connectivity index (χ0v) is 21.7. The van der Waals surface area contributed by atoms with Crippen molar-refractivity contribution in [1.29, 1.82) is 0 Å². The van der Waals surface area contributed by atoms with Crippen LogP contribution in [0.4, 0.5) is 0 Å². The molecule has 32 heavy (non-hydrogen) atoms. The molecule has 0 N–H and O–H groups in total. The lowest BCUT2D eigenvalue weighted by atomic mass is 9.88. The first-order chi connectivity index (χ1) is 15.4. The zero-order chi connectivity index (χ0) is 23.7. The van der Waals surface area contributed by atoms with E-state index in [1.807, 2.05) is 0 Å². The molecule has 0 radical (unpaired) electrons. The third-order valence-corrected chi connectivity index (χ3v) is 6.99. The van der Waals surface area contributed by atoms with Crippen LogP contribution < -0.4 is 0 Å². The van der Waals surface area contributed by atoms with Gasteiger partial charge >= 0.3 is 11.9 Å². The van der Waals surface area contributed by atoms with Crippen molar-refractivity contribution in [2.45, 2.75) is 149 Å². The summed E-state index contributed by atoms with van der Waals surface area (Å²) < 4.78 is 11.0. The lowest BCUT2D eigenvalue weighted by Crippen LogP contribution is -2.39. The summed E-state index contributed by atoms with van der Waals surface area (Å²) in [4.78, 5) is 24.9. The Morgan fingerprint density at radius 2 is 1.12 bits per heavy atom. The van der Waals surface area contributed by atoms with Gasteiger partial charge in [-0.1, -0.05) is 97.3 Å². The Labute approximate surface area is 198 Å². The second kappa shape index (κ2) is 17.4. The third kappa shape index (κ3) is 12.8. The average molecular weight is 453 g/mol. The fourth-order valence-electron chi connectivity index (χ4n) is 4.37. The summed E-state index contributed by atoms with van der Waals surface area (Å²) in [6.07, 6.45) is 22.1. The van der Waals surface area contributed by atoms with Crippen molar-refractivity contribution in [1.82, 2.24) is 0 Å². The highest BCUT2D eigenvalue weighted by atomic mass is 16.6. The Morgan fingerprint density at radius 1 is 0.688 bits per heavy atom. The van der Waals surface area contributed by atoms with E-state index in [1.54, 1.807) is 13.8 Å². The molecular weight excluding hydrogens is 400 g/mol. The number of rotatable bonds is 18. The smallest absolute Gasteiger partial charge is 0.323 e. The van der Waals surface area contributed by atoms with Gasteiger partial charge in [-0.25, -0.2) is 0 Å². The van der Waals surface area contributed by atoms with Crippen LogP contribution in [0, 0.1) is 11.3 Å². The van der Waals surface area contributed by atoms with Crippen molar-refractivity contribution in [2.75, 3.05) is 6.61 Å². The standard InChI is InChI=1S/C28H52O4/c1-5-6-7-8-9-10-11-12-13-14-15-16-17-18-23-31-26(29)28(3,4)27(30)32-25-21-19-24(2)20-22-25/h24-25H,5-23H2,1-4H3. The van der Waals surface area contributed by atoms with Crippen molar-refractivity contribution in [3.05, 3.63) is 0 Å². The van der Waals surface area contributed by atoms with Gasteiger partial charge in [0, 0.05) is 0 Å². The van der Waals surface area contributed by atoms with Crippen LogP contribution in [0.1, 0.15) is 143 Å². The van der Waals surface area contributed by atoms with Crippen molar-refractivity contribution < 1.29 is 19.1 Å². The van der Waals surface area contributed by atoms with E-state index >= 15 is 0 Å². The second-order valence-electron chi connectivity index (χ2n) is 10.6. The largest absolute Gasteiger partial charge is 0.465 e. The number of hydrogen-bond donors (Lipinski definition) is 0. The van der Waals surface area contributed by atoms with Crippen LogP contribution in [-0.2, 0) is 19.1 Å². The minimum absolute atomic E-state index is 0.0448. The normalized spacial score (nSPS) is 19.0. The molecule has 1 rings (SSSR count). The van der Waals surface area contributed by atoms with Gasteiger partial charge in [0.15, 0.2) is 5.41 Å². The number of carbonyl (C=O) groups excluding carboxylic acids is 2. The molecular formula is C28H52O4. The molecule has 0 aromatic rings. The maximum Gasteiger partial charge on any atom is 0.323 e. The van der Waals surface area contributed by atoms with Crippen LogP contribution in [0.3, 0.4) is 0 Å². The van der Waals surface area contributed by atoms with Gasteiger partial charge in [0.25, 0.3) is 0 Å². The first-order valence-corrected chi connectivity index (χ1v) is 13.8. The Bertz CT molecular complexity index is 492. The summed E-state index contributed by atoms with van der Waals surface area (Å²) in [5.41, 5.74) is -1.22. The summed E-state index contributed by atoms with van der Waals surface area (Å²) in [5.74, 6) is -0.197. The topological polar surface area (TPSA) is 52.6 Å². The molecule has 0 heterocycles. The molecule has 0 saturated heterocycles. The minimum Gasteiger partial charge on any atom is -0.465 e. The minimum atomic E-state index is -1.22. The van der Waals surface area contributed by atoms with Crippen molar-refractivity contribution >= 4 is 11.9 Å². The predicted molar refractivity (Wildman–Crippen MR) is 133 cm³/mol. The molecule has 0 spiro atoms. The van der Waals surface area contributed by atoms with Crippen LogP contribution >= 0.6 is 0 Å². The molecule has 1 aliphatic carbocycles. The highest BCUT2D eigenvalue weighted by Crippen LogP contribution is 2.28. The van der Waals surface area contributed by atoms with Crippen molar-refractivity contribution in [3.63, 3.8) is 0 Å². The zero-order valence-electron chi connectivity index (χ0n) is 21.7. The van der Waals surface area contributed by atoms with E-state index in [-0.39, 0.29) is 6.10 Å². The van der Waals surface area contributed by atoms with E-state index in [0.29, 0.717) is 12.5 Å². The molecule has 0 unspecified atom stereocenters. The first-order valence-electron chi connectivity index (χ1n) is 13.8. The summed E-state index contributed by atoms with van der Waals surface area (Å²) >= 11 is 0. The van der Waals surface area contributed by atoms with Crippen LogP contribution in [0.2, 0.25) is 0 Å². The van der Waals surface area contributed by atoms with Gasteiger partial charge in [-0.2, -0.15) is 0 Å². The van der Waals surface area contributed by atoms with Gasteiger partial charge in [-0.05, 0) is 51.9 Å². The second-order valence-corrected chi connectivity index (χ2v) is 10.6. The van der Waals surface area contributed by atoms with Crippen LogP contribution in [-0.4, -0.2) is 24.6 Å². The lowest BCUT2D eigenvalue weighted by Gasteiger charge is -2.29. The van der Waals surface area contributed by atoms with Gasteiger partial charge in [-0.15, -0.1) is 0 Å². The molecule has 0 aliphatic heterocycles. The third-order valence-electron chi connectivity index (χ3n) is 6.99. The first kappa shape index (κ1) is 29.0. The van der Waals surface area contributed by atoms with E-state index in [4.69, 9.17) is 9.47 Å². The Hall–Kier alpha value is -1.06. The van der Waals surface area contributed by atoms with Crippen LogP contribution in [0.5, 0.6) is 0 Å². The number of unbranched alkanes of at least 4 members (excludes halogenated alkanes) is 13. The predicted octanol–water partition coefficient (Wildman–Crippen LogP) is 8.16. The van der Waals surface area contributed by atoms with E-state index in [9.17, 15) is 9.59 Å². The van der Waals surface area contributed by atoms with Gasteiger partial charge in [0.1, 0.15) is 6.10 Å². The SMILES string of the molecule is CCCCCCCCCCCCCCCCOC(=O)C(C)(C)C(=O)OC1CCC(C)CC1. The number of esters is 2. The van der Waals surface area contributed by atoms with E-state index in [0.717, 1.165) is 38.5 Å². The quantitative estimate of drug-likeness (QED) is 0.120. The van der Waals surface area contributed by atoms with Crippen LogP contribution in [0.15, 0.2) is 0 Å². The van der Waals surface area contributed by atoms with E-state index < -0.39 is 17.4 Å².